The van der Waals surface area contributed by atoms with Crippen LogP contribution in [0.3, 0.4) is 0 Å². The number of carbonyl (C=O) groups excluding carboxylic acids is 2. The average Bonchev–Trinajstić information content (AvgIpc) is 3.36. The first-order chi connectivity index (χ1) is 17.7. The summed E-state index contributed by atoms with van der Waals surface area (Å²) in [5.41, 5.74) is 3.29. The molecule has 0 unspecified atom stereocenters. The Bertz CT molecular complexity index is 1140. The maximum atomic E-state index is 13.8. The van der Waals surface area contributed by atoms with E-state index in [1.807, 2.05) is 24.3 Å². The van der Waals surface area contributed by atoms with E-state index in [2.05, 4.69) is 40.6 Å². The minimum atomic E-state index is -0.575. The summed E-state index contributed by atoms with van der Waals surface area (Å²) in [7, 11) is 0. The molecule has 0 spiro atoms. The molecule has 0 radical (unpaired) electrons. The molecule has 7 nitrogen and oxygen atoms in total. The molecule has 36 heavy (non-hydrogen) atoms. The fraction of sp³-hybridized carbons (Fsp3) is 0.448. The van der Waals surface area contributed by atoms with Crippen LogP contribution in [0.1, 0.15) is 34.3 Å². The van der Waals surface area contributed by atoms with Crippen molar-refractivity contribution in [2.24, 2.45) is 0 Å². The summed E-state index contributed by atoms with van der Waals surface area (Å²) in [5, 5.41) is 3.10. The normalized spacial score (nSPS) is 27.3. The maximum absolute atomic E-state index is 13.8. The lowest BCUT2D eigenvalue weighted by Crippen LogP contribution is -2.62. The largest absolute Gasteiger partial charge is 0.493 e. The number of ether oxygens (including phenoxy) is 2. The van der Waals surface area contributed by atoms with E-state index in [-0.39, 0.29) is 24.0 Å². The Morgan fingerprint density at radius 3 is 2.56 bits per heavy atom. The third-order valence-corrected chi connectivity index (χ3v) is 7.93. The van der Waals surface area contributed by atoms with E-state index in [1.54, 1.807) is 11.0 Å². The van der Waals surface area contributed by atoms with Gasteiger partial charge in [-0.1, -0.05) is 48.6 Å². The fourth-order valence-corrected chi connectivity index (χ4v) is 5.97. The quantitative estimate of drug-likeness (QED) is 0.627. The minimum Gasteiger partial charge on any atom is -0.493 e. The van der Waals surface area contributed by atoms with Crippen LogP contribution in [0.25, 0.3) is 0 Å². The Morgan fingerprint density at radius 1 is 0.944 bits per heavy atom. The molecule has 1 saturated heterocycles. The summed E-state index contributed by atoms with van der Waals surface area (Å²) in [6.45, 7) is 2.63. The van der Waals surface area contributed by atoms with Crippen molar-refractivity contribution in [2.75, 3.05) is 32.8 Å². The van der Waals surface area contributed by atoms with Gasteiger partial charge in [-0.15, -0.1) is 0 Å². The minimum absolute atomic E-state index is 0.0355. The first-order valence-corrected chi connectivity index (χ1v) is 13.1. The van der Waals surface area contributed by atoms with E-state index in [1.165, 1.54) is 11.1 Å². The van der Waals surface area contributed by atoms with Gasteiger partial charge in [0.2, 0.25) is 5.91 Å². The standard InChI is InChI=1S/C29H33N3O4/c33-28-26-19-31(22-16-20-6-1-2-7-21(20)17-22)13-14-32(26)29(34)25-10-3-4-11-27(25)35-15-12-23-8-5-9-24(36-23)18-30-28/h1-7,9-11,22-24,26H,8,12-19H2,(H,30,33)/t23-,24-,26-/m0/s1. The highest BCUT2D eigenvalue weighted by Crippen LogP contribution is 2.29. The first kappa shape index (κ1) is 23.3. The number of para-hydroxylation sites is 1. The number of benzene rings is 2. The summed E-state index contributed by atoms with van der Waals surface area (Å²) in [5.74, 6) is 0.293. The predicted molar refractivity (Wildman–Crippen MR) is 136 cm³/mol. The van der Waals surface area contributed by atoms with Gasteiger partial charge in [0, 0.05) is 38.6 Å². The molecule has 3 atom stereocenters. The zero-order chi connectivity index (χ0) is 24.5. The fourth-order valence-electron chi connectivity index (χ4n) is 5.97. The molecule has 7 heteroatoms. The molecule has 2 aromatic rings. The highest BCUT2D eigenvalue weighted by molar-refractivity contribution is 6.00. The lowest BCUT2D eigenvalue weighted by molar-refractivity contribution is -0.129. The molecule has 0 saturated carbocycles. The van der Waals surface area contributed by atoms with E-state index in [9.17, 15) is 9.59 Å². The molecule has 1 N–H and O–H groups in total. The molecule has 2 bridgehead atoms. The number of fused-ring (bicyclic) bond motifs is 5. The summed E-state index contributed by atoms with van der Waals surface area (Å²) in [6.07, 6.45) is 7.52. The van der Waals surface area contributed by atoms with Gasteiger partial charge in [-0.3, -0.25) is 14.5 Å². The van der Waals surface area contributed by atoms with Crippen LogP contribution in [0.4, 0.5) is 0 Å². The van der Waals surface area contributed by atoms with E-state index in [4.69, 9.17) is 9.47 Å². The number of piperazine rings is 1. The monoisotopic (exact) mass is 487 g/mol. The van der Waals surface area contributed by atoms with Gasteiger partial charge in [-0.05, 0) is 42.5 Å². The number of nitrogens with zero attached hydrogens (tertiary/aromatic N) is 2. The van der Waals surface area contributed by atoms with Crippen LogP contribution < -0.4 is 10.1 Å². The molecule has 1 aliphatic carbocycles. The maximum Gasteiger partial charge on any atom is 0.258 e. The van der Waals surface area contributed by atoms with Crippen molar-refractivity contribution in [1.82, 2.24) is 15.1 Å². The van der Waals surface area contributed by atoms with Gasteiger partial charge in [0.15, 0.2) is 0 Å². The second kappa shape index (κ2) is 10.1. The lowest BCUT2D eigenvalue weighted by Gasteiger charge is -2.43. The van der Waals surface area contributed by atoms with Gasteiger partial charge in [-0.25, -0.2) is 0 Å². The molecule has 0 aromatic heterocycles. The molecular formula is C29H33N3O4. The van der Waals surface area contributed by atoms with Gasteiger partial charge in [0.1, 0.15) is 11.8 Å². The Kier molecular flexibility index (Phi) is 6.50. The SMILES string of the molecule is O=C1NC[C@@H]2C=CC[C@@H](CCOc3ccccc3C(=O)N3CCN(C4Cc5ccccc5C4)C[C@@H]13)O2. The van der Waals surface area contributed by atoms with Crippen LogP contribution in [0, 0.1) is 0 Å². The van der Waals surface area contributed by atoms with Gasteiger partial charge in [-0.2, -0.15) is 0 Å². The van der Waals surface area contributed by atoms with Crippen LogP contribution >= 0.6 is 0 Å². The van der Waals surface area contributed by atoms with Crippen molar-refractivity contribution < 1.29 is 19.1 Å². The van der Waals surface area contributed by atoms with Crippen LogP contribution in [-0.4, -0.2) is 78.7 Å². The number of amides is 2. The topological polar surface area (TPSA) is 71.1 Å². The smallest absolute Gasteiger partial charge is 0.258 e. The molecule has 4 aliphatic rings. The summed E-state index contributed by atoms with van der Waals surface area (Å²) in [4.78, 5) is 31.5. The molecule has 3 aliphatic heterocycles. The van der Waals surface area contributed by atoms with Crippen LogP contribution in [0.5, 0.6) is 5.75 Å². The van der Waals surface area contributed by atoms with Crippen molar-refractivity contribution in [2.45, 2.75) is 50.0 Å². The van der Waals surface area contributed by atoms with E-state index in [0.717, 1.165) is 32.2 Å². The molecule has 2 aromatic carbocycles. The Balaban J connectivity index is 1.27. The Morgan fingerprint density at radius 2 is 1.72 bits per heavy atom. The lowest BCUT2D eigenvalue weighted by atomic mass is 10.0. The van der Waals surface area contributed by atoms with Crippen molar-refractivity contribution in [1.29, 1.82) is 0 Å². The Hall–Kier alpha value is -3.16. The highest BCUT2D eigenvalue weighted by atomic mass is 16.5. The zero-order valence-electron chi connectivity index (χ0n) is 20.5. The third kappa shape index (κ3) is 4.65. The number of rotatable bonds is 1. The van der Waals surface area contributed by atoms with E-state index >= 15 is 0 Å². The second-order valence-electron chi connectivity index (χ2n) is 10.2. The average molecular weight is 488 g/mol. The molecule has 3 heterocycles. The summed E-state index contributed by atoms with van der Waals surface area (Å²) in [6, 6.07) is 15.7. The van der Waals surface area contributed by atoms with Gasteiger partial charge in [0.05, 0.1) is 24.4 Å². The van der Waals surface area contributed by atoms with Crippen molar-refractivity contribution in [3.8, 4) is 5.75 Å². The van der Waals surface area contributed by atoms with E-state index in [0.29, 0.717) is 43.6 Å². The number of hydrogen-bond donors (Lipinski definition) is 1. The van der Waals surface area contributed by atoms with Crippen molar-refractivity contribution in [3.05, 3.63) is 77.4 Å². The molecule has 6 rings (SSSR count). The number of nitrogens with one attached hydrogen (secondary N) is 1. The molecular weight excluding hydrogens is 454 g/mol. The number of carbonyl (C=O) groups is 2. The Labute approximate surface area is 212 Å². The van der Waals surface area contributed by atoms with Gasteiger partial charge in [0.25, 0.3) is 5.91 Å². The van der Waals surface area contributed by atoms with Crippen LogP contribution in [0.2, 0.25) is 0 Å². The van der Waals surface area contributed by atoms with Gasteiger partial charge < -0.3 is 19.7 Å². The summed E-state index contributed by atoms with van der Waals surface area (Å²) < 4.78 is 12.3. The molecule has 188 valence electrons. The van der Waals surface area contributed by atoms with Crippen LogP contribution in [0.15, 0.2) is 60.7 Å². The van der Waals surface area contributed by atoms with Crippen molar-refractivity contribution in [3.63, 3.8) is 0 Å². The highest BCUT2D eigenvalue weighted by Gasteiger charge is 2.40. The second-order valence-corrected chi connectivity index (χ2v) is 10.2. The van der Waals surface area contributed by atoms with Crippen LogP contribution in [-0.2, 0) is 22.4 Å². The predicted octanol–water partition coefficient (Wildman–Crippen LogP) is 2.59. The zero-order valence-corrected chi connectivity index (χ0v) is 20.5. The van der Waals surface area contributed by atoms with E-state index < -0.39 is 6.04 Å². The van der Waals surface area contributed by atoms with Crippen molar-refractivity contribution >= 4 is 11.8 Å². The third-order valence-electron chi connectivity index (χ3n) is 7.93. The summed E-state index contributed by atoms with van der Waals surface area (Å²) >= 11 is 0. The number of hydrogen-bond acceptors (Lipinski definition) is 5. The molecule has 1 fully saturated rings. The first-order valence-electron chi connectivity index (χ1n) is 13.1. The molecule has 2 amide bonds. The van der Waals surface area contributed by atoms with Gasteiger partial charge >= 0.3 is 0 Å².